The van der Waals surface area contributed by atoms with Crippen molar-refractivity contribution in [3.8, 4) is 0 Å². The number of carbonyl (C=O) groups excluding carboxylic acids is 1. The number of amides is 1. The minimum Gasteiger partial charge on any atom is -0.291 e. The Bertz CT molecular complexity index is 1350. The van der Waals surface area contributed by atoms with E-state index >= 15 is 0 Å². The molecular weight excluding hydrogens is 579 g/mol. The first-order chi connectivity index (χ1) is 21.1. The van der Waals surface area contributed by atoms with Gasteiger partial charge in [-0.1, -0.05) is 66.7 Å². The highest BCUT2D eigenvalue weighted by molar-refractivity contribution is 6.30. The number of carbonyl (C=O) groups is 1. The van der Waals surface area contributed by atoms with Crippen LogP contribution in [-0.4, -0.2) is 70.0 Å². The summed E-state index contributed by atoms with van der Waals surface area (Å²) in [6.07, 6.45) is 12.1. The molecule has 0 bridgehead atoms. The lowest BCUT2D eigenvalue weighted by Crippen LogP contribution is -2.45. The second-order valence-corrected chi connectivity index (χ2v) is 13.0. The number of benzene rings is 2. The van der Waals surface area contributed by atoms with E-state index in [0.29, 0.717) is 15.7 Å². The van der Waals surface area contributed by atoms with E-state index < -0.39 is 0 Å². The molecule has 0 radical (unpaired) electrons. The molecule has 3 saturated heterocycles. The van der Waals surface area contributed by atoms with Crippen LogP contribution >= 0.6 is 23.2 Å². The number of nitrogens with zero attached hydrogens (tertiary/aromatic N) is 5. The molecule has 2 unspecified atom stereocenters. The van der Waals surface area contributed by atoms with Crippen LogP contribution in [0.1, 0.15) is 103 Å². The van der Waals surface area contributed by atoms with Crippen molar-refractivity contribution in [3.05, 3.63) is 93.0 Å². The van der Waals surface area contributed by atoms with Crippen LogP contribution in [0.3, 0.4) is 0 Å². The molecule has 2 atom stereocenters. The predicted octanol–water partition coefficient (Wildman–Crippen LogP) is 7.06. The molecule has 9 heteroatoms. The Morgan fingerprint density at radius 3 is 1.56 bits per heavy atom. The van der Waals surface area contributed by atoms with E-state index in [-0.39, 0.29) is 18.0 Å². The van der Waals surface area contributed by atoms with Gasteiger partial charge in [0.25, 0.3) is 5.91 Å². The average Bonchev–Trinajstić information content (AvgIpc) is 3.05. The standard InChI is InChI=1S/C34H42Cl2N6O/c35-27-14-10-25(11-15-27)32(40-18-4-1-5-19-40)30-31(38-29(24-37-30)34(43)39-42-22-8-3-9-23-42)33(41-20-6-2-7-21-41)26-12-16-28(36)17-13-26/h10-17,24,32-33H,1-9,18-23H2,(H,39,43). The highest BCUT2D eigenvalue weighted by atomic mass is 35.5. The molecule has 228 valence electrons. The van der Waals surface area contributed by atoms with Crippen molar-refractivity contribution in [2.24, 2.45) is 0 Å². The number of likely N-dealkylation sites (tertiary alicyclic amines) is 2. The molecule has 4 heterocycles. The molecule has 6 rings (SSSR count). The van der Waals surface area contributed by atoms with E-state index in [9.17, 15) is 4.79 Å². The lowest BCUT2D eigenvalue weighted by molar-refractivity contribution is 0.0743. The maximum Gasteiger partial charge on any atom is 0.285 e. The minimum atomic E-state index is -0.197. The first-order valence-corrected chi connectivity index (χ1v) is 16.7. The lowest BCUT2D eigenvalue weighted by Gasteiger charge is -2.39. The van der Waals surface area contributed by atoms with E-state index in [1.807, 2.05) is 29.3 Å². The van der Waals surface area contributed by atoms with E-state index in [1.54, 1.807) is 6.20 Å². The van der Waals surface area contributed by atoms with E-state index in [1.165, 1.54) is 19.3 Å². The summed E-state index contributed by atoms with van der Waals surface area (Å²) in [6, 6.07) is 16.0. The van der Waals surface area contributed by atoms with Crippen LogP contribution in [0.5, 0.6) is 0 Å². The summed E-state index contributed by atoms with van der Waals surface area (Å²) in [7, 11) is 0. The molecule has 1 aromatic heterocycles. The number of nitrogens with one attached hydrogen (secondary N) is 1. The molecule has 3 fully saturated rings. The fourth-order valence-corrected chi connectivity index (χ4v) is 7.12. The van der Waals surface area contributed by atoms with Crippen LogP contribution in [0.15, 0.2) is 54.7 Å². The van der Waals surface area contributed by atoms with Gasteiger partial charge in [0.1, 0.15) is 5.69 Å². The van der Waals surface area contributed by atoms with Gasteiger partial charge in [-0.05, 0) is 100 Å². The predicted molar refractivity (Wildman–Crippen MR) is 172 cm³/mol. The van der Waals surface area contributed by atoms with Gasteiger partial charge in [-0.3, -0.25) is 25.0 Å². The van der Waals surface area contributed by atoms with Crippen molar-refractivity contribution in [2.75, 3.05) is 39.3 Å². The zero-order valence-electron chi connectivity index (χ0n) is 24.9. The molecule has 0 saturated carbocycles. The quantitative estimate of drug-likeness (QED) is 0.291. The minimum absolute atomic E-state index is 0.0983. The molecule has 7 nitrogen and oxygen atoms in total. The third kappa shape index (κ3) is 7.40. The van der Waals surface area contributed by atoms with Crippen LogP contribution in [0.2, 0.25) is 10.0 Å². The zero-order chi connectivity index (χ0) is 29.6. The molecule has 1 N–H and O–H groups in total. The van der Waals surface area contributed by atoms with Crippen molar-refractivity contribution in [2.45, 2.75) is 69.9 Å². The molecular formula is C34H42Cl2N6O. The summed E-state index contributed by atoms with van der Waals surface area (Å²) < 4.78 is 0. The third-order valence-corrected chi connectivity index (χ3v) is 9.58. The number of hydrogen-bond acceptors (Lipinski definition) is 6. The van der Waals surface area contributed by atoms with Gasteiger partial charge >= 0.3 is 0 Å². The number of piperidine rings is 3. The van der Waals surface area contributed by atoms with E-state index in [4.69, 9.17) is 33.2 Å². The van der Waals surface area contributed by atoms with Gasteiger partial charge in [0, 0.05) is 23.1 Å². The van der Waals surface area contributed by atoms with Gasteiger partial charge in [-0.15, -0.1) is 0 Å². The first kappa shape index (κ1) is 30.5. The number of hydrogen-bond donors (Lipinski definition) is 1. The molecule has 3 aliphatic rings. The summed E-state index contributed by atoms with van der Waals surface area (Å²) in [5.74, 6) is -0.197. The highest BCUT2D eigenvalue weighted by Gasteiger charge is 2.35. The zero-order valence-corrected chi connectivity index (χ0v) is 26.4. The molecule has 0 spiro atoms. The molecule has 1 amide bonds. The number of hydrazine groups is 1. The van der Waals surface area contributed by atoms with Crippen LogP contribution in [0.4, 0.5) is 0 Å². The smallest absolute Gasteiger partial charge is 0.285 e. The molecule has 43 heavy (non-hydrogen) atoms. The van der Waals surface area contributed by atoms with Gasteiger partial charge in [0.05, 0.1) is 29.7 Å². The van der Waals surface area contributed by atoms with E-state index in [0.717, 1.165) is 100 Å². The number of aromatic nitrogens is 2. The maximum atomic E-state index is 13.6. The second kappa shape index (κ2) is 14.5. The normalized spacial score (nSPS) is 20.4. The number of halogens is 2. The average molecular weight is 622 g/mol. The highest BCUT2D eigenvalue weighted by Crippen LogP contribution is 2.39. The van der Waals surface area contributed by atoms with Crippen LogP contribution < -0.4 is 5.43 Å². The van der Waals surface area contributed by atoms with Crippen molar-refractivity contribution < 1.29 is 4.79 Å². The van der Waals surface area contributed by atoms with Crippen LogP contribution in [-0.2, 0) is 0 Å². The Balaban J connectivity index is 1.49. The number of rotatable bonds is 8. The van der Waals surface area contributed by atoms with Crippen molar-refractivity contribution >= 4 is 29.1 Å². The monoisotopic (exact) mass is 620 g/mol. The Morgan fingerprint density at radius 1 is 0.628 bits per heavy atom. The molecule has 3 aromatic rings. The van der Waals surface area contributed by atoms with Crippen molar-refractivity contribution in [1.29, 1.82) is 0 Å². The van der Waals surface area contributed by atoms with Crippen molar-refractivity contribution in [1.82, 2.24) is 30.2 Å². The largest absolute Gasteiger partial charge is 0.291 e. The SMILES string of the molecule is O=C(NN1CCCCC1)c1cnc(C(c2ccc(Cl)cc2)N2CCCCC2)c(C(c2ccc(Cl)cc2)N2CCCCC2)n1. The van der Waals surface area contributed by atoms with Gasteiger partial charge in [-0.2, -0.15) is 0 Å². The van der Waals surface area contributed by atoms with Gasteiger partial charge < -0.3 is 0 Å². The third-order valence-electron chi connectivity index (χ3n) is 9.08. The first-order valence-electron chi connectivity index (χ1n) is 16.0. The molecule has 0 aliphatic carbocycles. The fraction of sp³-hybridized carbons (Fsp3) is 0.500. The van der Waals surface area contributed by atoms with Crippen LogP contribution in [0.25, 0.3) is 0 Å². The summed E-state index contributed by atoms with van der Waals surface area (Å²) in [5, 5.41) is 3.44. The Kier molecular flexibility index (Phi) is 10.3. The summed E-state index contributed by atoms with van der Waals surface area (Å²) in [6.45, 7) is 5.63. The summed E-state index contributed by atoms with van der Waals surface area (Å²) >= 11 is 12.7. The summed E-state index contributed by atoms with van der Waals surface area (Å²) in [4.78, 5) is 29.1. The topological polar surface area (TPSA) is 64.6 Å². The van der Waals surface area contributed by atoms with Crippen molar-refractivity contribution in [3.63, 3.8) is 0 Å². The van der Waals surface area contributed by atoms with Gasteiger partial charge in [0.2, 0.25) is 0 Å². The lowest BCUT2D eigenvalue weighted by atomic mass is 9.91. The summed E-state index contributed by atoms with van der Waals surface area (Å²) in [5.41, 5.74) is 7.48. The molecule has 2 aromatic carbocycles. The Labute approximate surface area is 265 Å². The van der Waals surface area contributed by atoms with Gasteiger partial charge in [0.15, 0.2) is 0 Å². The Hall–Kier alpha value is -2.55. The Morgan fingerprint density at radius 2 is 1.07 bits per heavy atom. The van der Waals surface area contributed by atoms with Crippen LogP contribution in [0, 0.1) is 0 Å². The van der Waals surface area contributed by atoms with Gasteiger partial charge in [-0.25, -0.2) is 9.99 Å². The second-order valence-electron chi connectivity index (χ2n) is 12.1. The van der Waals surface area contributed by atoms with E-state index in [2.05, 4.69) is 39.5 Å². The maximum absolute atomic E-state index is 13.6. The fourth-order valence-electron chi connectivity index (χ4n) is 6.87. The molecule has 3 aliphatic heterocycles.